The number of nitrogens with one attached hydrogen (secondary N) is 1. The quantitative estimate of drug-likeness (QED) is 0.205. The first-order valence-electron chi connectivity index (χ1n) is 16.5. The van der Waals surface area contributed by atoms with Crippen LogP contribution in [0.3, 0.4) is 0 Å². The van der Waals surface area contributed by atoms with Crippen LogP contribution in [-0.2, 0) is 14.3 Å². The molecule has 0 bridgehead atoms. The average Bonchev–Trinajstić information content (AvgIpc) is 3.94. The number of hydrogen-bond acceptors (Lipinski definition) is 10. The molecule has 13 heteroatoms. The molecule has 2 aromatic heterocycles. The van der Waals surface area contributed by atoms with Crippen molar-refractivity contribution in [2.45, 2.75) is 18.9 Å². The fraction of sp³-hybridized carbons (Fsp3) is 0.378. The van der Waals surface area contributed by atoms with E-state index in [4.69, 9.17) is 25.6 Å². The minimum absolute atomic E-state index is 0.0142. The summed E-state index contributed by atoms with van der Waals surface area (Å²) in [5.74, 6) is 0.926. The molecule has 4 heterocycles. The van der Waals surface area contributed by atoms with E-state index in [-0.39, 0.29) is 57.2 Å². The summed E-state index contributed by atoms with van der Waals surface area (Å²) in [7, 11) is 0. The summed E-state index contributed by atoms with van der Waals surface area (Å²) in [6.07, 6.45) is 10.3. The highest BCUT2D eigenvalue weighted by Gasteiger charge is 2.45. The maximum atomic E-state index is 17.0. The van der Waals surface area contributed by atoms with Gasteiger partial charge in [0.15, 0.2) is 5.82 Å². The Bertz CT molecular complexity index is 2070. The van der Waals surface area contributed by atoms with Gasteiger partial charge in [-0.2, -0.15) is 15.2 Å². The van der Waals surface area contributed by atoms with Gasteiger partial charge in [-0.15, -0.1) is 6.42 Å². The molecule has 4 aromatic rings. The van der Waals surface area contributed by atoms with E-state index in [1.807, 2.05) is 4.90 Å². The fourth-order valence-electron chi connectivity index (χ4n) is 6.67. The second-order valence-electron chi connectivity index (χ2n) is 12.9. The summed E-state index contributed by atoms with van der Waals surface area (Å²) >= 11 is 0. The molecule has 2 saturated heterocycles. The van der Waals surface area contributed by atoms with Gasteiger partial charge in [0.25, 0.3) is 0 Å². The molecule has 11 nitrogen and oxygen atoms in total. The number of halogens is 2. The van der Waals surface area contributed by atoms with Crippen LogP contribution in [0.4, 0.5) is 14.6 Å². The molecule has 3 fully saturated rings. The topological polar surface area (TPSA) is 126 Å². The van der Waals surface area contributed by atoms with Crippen molar-refractivity contribution in [3.8, 4) is 35.7 Å². The van der Waals surface area contributed by atoms with Crippen LogP contribution in [0.15, 0.2) is 43.1 Å². The highest BCUT2D eigenvalue weighted by Crippen LogP contribution is 2.47. The molecule has 2 aromatic carbocycles. The third-order valence-electron chi connectivity index (χ3n) is 9.46. The molecule has 7 rings (SSSR count). The predicted molar refractivity (Wildman–Crippen MR) is 182 cm³/mol. The molecule has 1 aliphatic carbocycles. The summed E-state index contributed by atoms with van der Waals surface area (Å²) in [5, 5.41) is 13.7. The Hall–Kier alpha value is -5.21. The van der Waals surface area contributed by atoms with Crippen molar-refractivity contribution < 1.29 is 27.8 Å². The highest BCUT2D eigenvalue weighted by atomic mass is 19.1. The zero-order valence-electron chi connectivity index (χ0n) is 27.4. The lowest BCUT2D eigenvalue weighted by atomic mass is 9.94. The number of aromatic nitrogens is 3. The number of amides is 1. The summed E-state index contributed by atoms with van der Waals surface area (Å²) in [6, 6.07) is 7.39. The van der Waals surface area contributed by atoms with Crippen molar-refractivity contribution >= 4 is 33.4 Å². The van der Waals surface area contributed by atoms with E-state index in [1.54, 1.807) is 6.07 Å². The summed E-state index contributed by atoms with van der Waals surface area (Å²) < 4.78 is 49.5. The standard InChI is InChI=1S/C37H35F2N7O4/c1-3-26-29(38)6-5-24-15-23(17-40)16-27(31(24)26)33-32(39)34-28(18-41-33)35(46-11-14-49-20-25(19-46)42-30(47)4-2)44-36(43-34)50-22-37(7-8-37)21-45-9-12-48-13-10-45/h1,4-6,15-16,18,25H,2,7-14,19-22H2,(H,42,47)/t25-/m1/s1. The van der Waals surface area contributed by atoms with Gasteiger partial charge in [-0.3, -0.25) is 14.7 Å². The Kier molecular flexibility index (Phi) is 9.29. The highest BCUT2D eigenvalue weighted by molar-refractivity contribution is 6.03. The number of ether oxygens (including phenoxy) is 3. The van der Waals surface area contributed by atoms with Crippen LogP contribution in [-0.4, -0.2) is 97.6 Å². The van der Waals surface area contributed by atoms with Crippen molar-refractivity contribution in [1.29, 1.82) is 5.26 Å². The zero-order chi connectivity index (χ0) is 34.8. The summed E-state index contributed by atoms with van der Waals surface area (Å²) in [6.45, 7) is 9.10. The normalized spacial score (nSPS) is 19.0. The predicted octanol–water partition coefficient (Wildman–Crippen LogP) is 3.97. The van der Waals surface area contributed by atoms with Gasteiger partial charge in [0.2, 0.25) is 5.91 Å². The van der Waals surface area contributed by atoms with Crippen LogP contribution in [0, 0.1) is 40.7 Å². The van der Waals surface area contributed by atoms with Gasteiger partial charge in [0.05, 0.1) is 61.7 Å². The van der Waals surface area contributed by atoms with E-state index < -0.39 is 17.7 Å². The maximum Gasteiger partial charge on any atom is 0.319 e. The van der Waals surface area contributed by atoms with Crippen molar-refractivity contribution in [1.82, 2.24) is 25.2 Å². The number of rotatable bonds is 9. The molecule has 2 aliphatic heterocycles. The van der Waals surface area contributed by atoms with Crippen molar-refractivity contribution in [3.63, 3.8) is 0 Å². The Morgan fingerprint density at radius 2 is 1.98 bits per heavy atom. The number of carbonyl (C=O) groups excluding carboxylic acids is 1. The van der Waals surface area contributed by atoms with Gasteiger partial charge in [-0.25, -0.2) is 8.78 Å². The Morgan fingerprint density at radius 3 is 2.72 bits per heavy atom. The number of benzene rings is 2. The van der Waals surface area contributed by atoms with Gasteiger partial charge < -0.3 is 24.4 Å². The first-order chi connectivity index (χ1) is 24.3. The van der Waals surface area contributed by atoms with E-state index in [0.717, 1.165) is 32.5 Å². The van der Waals surface area contributed by atoms with Crippen LogP contribution in [0.2, 0.25) is 0 Å². The molecule has 0 radical (unpaired) electrons. The summed E-state index contributed by atoms with van der Waals surface area (Å²) in [4.78, 5) is 30.3. The lowest BCUT2D eigenvalue weighted by Gasteiger charge is -2.30. The second-order valence-corrected chi connectivity index (χ2v) is 12.9. The monoisotopic (exact) mass is 679 g/mol. The van der Waals surface area contributed by atoms with Crippen molar-refractivity contribution in [2.24, 2.45) is 5.41 Å². The van der Waals surface area contributed by atoms with Crippen LogP contribution in [0.5, 0.6) is 6.01 Å². The maximum absolute atomic E-state index is 17.0. The lowest BCUT2D eigenvalue weighted by Crippen LogP contribution is -2.44. The molecule has 1 atom stereocenters. The Labute approximate surface area is 287 Å². The van der Waals surface area contributed by atoms with E-state index in [9.17, 15) is 14.4 Å². The minimum Gasteiger partial charge on any atom is -0.463 e. The second kappa shape index (κ2) is 14.0. The molecule has 1 amide bonds. The number of terminal acetylenes is 1. The minimum atomic E-state index is -0.809. The molecule has 1 N–H and O–H groups in total. The molecule has 1 saturated carbocycles. The van der Waals surface area contributed by atoms with E-state index in [1.165, 1.54) is 30.5 Å². The van der Waals surface area contributed by atoms with E-state index in [0.29, 0.717) is 56.1 Å². The van der Waals surface area contributed by atoms with Crippen LogP contribution >= 0.6 is 0 Å². The molecule has 0 unspecified atom stereocenters. The van der Waals surface area contributed by atoms with Gasteiger partial charge in [0, 0.05) is 55.3 Å². The molecule has 0 spiro atoms. The van der Waals surface area contributed by atoms with E-state index in [2.05, 4.69) is 38.8 Å². The first kappa shape index (κ1) is 33.3. The number of pyridine rings is 1. The Balaban J connectivity index is 1.33. The van der Waals surface area contributed by atoms with Gasteiger partial charge >= 0.3 is 6.01 Å². The third-order valence-corrected chi connectivity index (χ3v) is 9.46. The number of morpholine rings is 1. The van der Waals surface area contributed by atoms with Gasteiger partial charge in [-0.05, 0) is 42.5 Å². The Morgan fingerprint density at radius 1 is 1.18 bits per heavy atom. The lowest BCUT2D eigenvalue weighted by molar-refractivity contribution is -0.117. The van der Waals surface area contributed by atoms with Crippen LogP contribution in [0.25, 0.3) is 32.9 Å². The molecule has 256 valence electrons. The molecular weight excluding hydrogens is 644 g/mol. The van der Waals surface area contributed by atoms with Crippen molar-refractivity contribution in [3.05, 3.63) is 65.9 Å². The van der Waals surface area contributed by atoms with Crippen molar-refractivity contribution in [2.75, 3.05) is 70.7 Å². The fourth-order valence-corrected chi connectivity index (χ4v) is 6.67. The van der Waals surface area contributed by atoms with Crippen LogP contribution in [0.1, 0.15) is 24.0 Å². The van der Waals surface area contributed by atoms with Gasteiger partial charge in [0.1, 0.15) is 22.8 Å². The van der Waals surface area contributed by atoms with Gasteiger partial charge in [-0.1, -0.05) is 18.6 Å². The zero-order valence-corrected chi connectivity index (χ0v) is 27.4. The SMILES string of the molecule is C#Cc1c(F)ccc2cc(C#N)cc(-c3ncc4c(N5CCOC[C@H](NC(=O)C=C)C5)nc(OCC5(CN6CCOCC6)CC5)nc4c3F)c12. The number of fused-ring (bicyclic) bond motifs is 2. The molecule has 50 heavy (non-hydrogen) atoms. The molecule has 3 aliphatic rings. The first-order valence-corrected chi connectivity index (χ1v) is 16.5. The molecular formula is C37H35F2N7O4. The average molecular weight is 680 g/mol. The smallest absolute Gasteiger partial charge is 0.319 e. The number of carbonyl (C=O) groups is 1. The van der Waals surface area contributed by atoms with E-state index >= 15 is 4.39 Å². The largest absolute Gasteiger partial charge is 0.463 e. The third kappa shape index (κ3) is 6.68. The number of hydrogen-bond donors (Lipinski definition) is 1. The number of nitrogens with zero attached hydrogens (tertiary/aromatic N) is 6. The van der Waals surface area contributed by atoms with Crippen LogP contribution < -0.4 is 15.0 Å². The number of nitriles is 1. The number of anilines is 1. The summed E-state index contributed by atoms with van der Waals surface area (Å²) in [5.41, 5.74) is 0.0236.